The van der Waals surface area contributed by atoms with Gasteiger partial charge in [-0.25, -0.2) is 4.57 Å². The molecule has 0 unspecified atom stereocenters. The zero-order valence-corrected chi connectivity index (χ0v) is 18.5. The standard InChI is InChI=1S/C28H28N2/c1-18-13-19(2)30(5)28(14-18)24-12-8-11-23(20(24)3)27-16-22-15-21-9-6-7-10-25(21)26(22)17-29(27)4/h6-14,16-17H,15H2,1-5H3/q+2. The summed E-state index contributed by atoms with van der Waals surface area (Å²) in [6, 6.07) is 22.4. The maximum Gasteiger partial charge on any atom is 0.213 e. The average Bonchev–Trinajstić information content (AvgIpc) is 3.08. The Balaban J connectivity index is 1.67. The number of pyridine rings is 2. The van der Waals surface area contributed by atoms with Gasteiger partial charge >= 0.3 is 0 Å². The molecule has 0 spiro atoms. The van der Waals surface area contributed by atoms with Crippen LogP contribution >= 0.6 is 0 Å². The molecule has 0 amide bonds. The summed E-state index contributed by atoms with van der Waals surface area (Å²) >= 11 is 0. The second-order valence-electron chi connectivity index (χ2n) is 8.64. The predicted octanol–water partition coefficient (Wildman–Crippen LogP) is 5.17. The minimum atomic E-state index is 1.02. The summed E-state index contributed by atoms with van der Waals surface area (Å²) < 4.78 is 4.58. The molecule has 0 radical (unpaired) electrons. The van der Waals surface area contributed by atoms with E-state index in [1.807, 2.05) is 0 Å². The second kappa shape index (κ2) is 6.91. The van der Waals surface area contributed by atoms with E-state index in [0.717, 1.165) is 6.42 Å². The summed E-state index contributed by atoms with van der Waals surface area (Å²) in [5, 5.41) is 0. The van der Waals surface area contributed by atoms with Gasteiger partial charge in [-0.05, 0) is 60.2 Å². The number of aromatic nitrogens is 2. The first-order chi connectivity index (χ1) is 14.4. The number of fused-ring (bicyclic) bond motifs is 3. The Bertz CT molecular complexity index is 1310. The normalized spacial score (nSPS) is 12.0. The van der Waals surface area contributed by atoms with E-state index in [1.54, 1.807) is 0 Å². The van der Waals surface area contributed by atoms with Gasteiger partial charge in [0.1, 0.15) is 14.1 Å². The molecule has 2 aromatic carbocycles. The average molecular weight is 393 g/mol. The van der Waals surface area contributed by atoms with E-state index in [9.17, 15) is 0 Å². The minimum Gasteiger partial charge on any atom is -0.200 e. The first-order valence-electron chi connectivity index (χ1n) is 10.6. The second-order valence-corrected chi connectivity index (χ2v) is 8.64. The van der Waals surface area contributed by atoms with Crippen molar-refractivity contribution in [2.75, 3.05) is 0 Å². The van der Waals surface area contributed by atoms with Crippen LogP contribution in [0.25, 0.3) is 33.6 Å². The highest BCUT2D eigenvalue weighted by Crippen LogP contribution is 2.38. The van der Waals surface area contributed by atoms with Crippen molar-refractivity contribution in [1.82, 2.24) is 0 Å². The van der Waals surface area contributed by atoms with Gasteiger partial charge in [-0.15, -0.1) is 0 Å². The number of hydrogen-bond acceptors (Lipinski definition) is 0. The lowest BCUT2D eigenvalue weighted by Gasteiger charge is -2.12. The van der Waals surface area contributed by atoms with E-state index in [0.29, 0.717) is 0 Å². The maximum atomic E-state index is 2.39. The summed E-state index contributed by atoms with van der Waals surface area (Å²) in [5.74, 6) is 0. The largest absolute Gasteiger partial charge is 0.213 e. The molecule has 0 aliphatic heterocycles. The van der Waals surface area contributed by atoms with Gasteiger partial charge in [-0.1, -0.05) is 30.3 Å². The Labute approximate surface area is 179 Å². The highest BCUT2D eigenvalue weighted by atomic mass is 14.9. The molecule has 0 saturated heterocycles. The van der Waals surface area contributed by atoms with Gasteiger partial charge in [-0.2, -0.15) is 4.57 Å². The third-order valence-electron chi connectivity index (χ3n) is 6.63. The molecule has 0 saturated carbocycles. The summed E-state index contributed by atoms with van der Waals surface area (Å²) in [6.07, 6.45) is 3.32. The Morgan fingerprint density at radius 3 is 2.17 bits per heavy atom. The monoisotopic (exact) mass is 392 g/mol. The first-order valence-corrected chi connectivity index (χ1v) is 10.6. The van der Waals surface area contributed by atoms with Crippen molar-refractivity contribution in [3.63, 3.8) is 0 Å². The molecule has 5 rings (SSSR count). The van der Waals surface area contributed by atoms with Gasteiger partial charge in [0.2, 0.25) is 11.4 Å². The van der Waals surface area contributed by atoms with Crippen LogP contribution in [-0.4, -0.2) is 0 Å². The molecule has 2 aromatic heterocycles. The molecular weight excluding hydrogens is 364 g/mol. The van der Waals surface area contributed by atoms with Crippen LogP contribution in [0, 0.1) is 20.8 Å². The van der Waals surface area contributed by atoms with Crippen molar-refractivity contribution in [1.29, 1.82) is 0 Å². The Kier molecular flexibility index (Phi) is 4.32. The zero-order valence-electron chi connectivity index (χ0n) is 18.5. The lowest BCUT2D eigenvalue weighted by Crippen LogP contribution is -2.35. The number of aryl methyl sites for hydroxylation is 3. The Morgan fingerprint density at radius 2 is 1.37 bits per heavy atom. The van der Waals surface area contributed by atoms with Gasteiger partial charge in [0.15, 0.2) is 11.9 Å². The van der Waals surface area contributed by atoms with Gasteiger partial charge < -0.3 is 0 Å². The van der Waals surface area contributed by atoms with Crippen molar-refractivity contribution < 1.29 is 9.13 Å². The van der Waals surface area contributed by atoms with Crippen LogP contribution in [0.3, 0.4) is 0 Å². The number of hydrogen-bond donors (Lipinski definition) is 0. The van der Waals surface area contributed by atoms with Gasteiger partial charge in [0, 0.05) is 41.8 Å². The third-order valence-corrected chi connectivity index (χ3v) is 6.63. The number of nitrogens with zero attached hydrogens (tertiary/aromatic N) is 2. The van der Waals surface area contributed by atoms with Crippen molar-refractivity contribution in [3.05, 3.63) is 94.8 Å². The van der Waals surface area contributed by atoms with Crippen molar-refractivity contribution in [2.24, 2.45) is 14.1 Å². The molecular formula is C28H28N2+2. The van der Waals surface area contributed by atoms with Crippen LogP contribution in [0.5, 0.6) is 0 Å². The Hall–Kier alpha value is -3.26. The van der Waals surface area contributed by atoms with Gasteiger partial charge in [0.25, 0.3) is 0 Å². The third kappa shape index (κ3) is 2.87. The van der Waals surface area contributed by atoms with Crippen molar-refractivity contribution >= 4 is 0 Å². The molecule has 148 valence electrons. The van der Waals surface area contributed by atoms with E-state index >= 15 is 0 Å². The van der Waals surface area contributed by atoms with Crippen LogP contribution in [0.1, 0.15) is 27.9 Å². The van der Waals surface area contributed by atoms with Crippen molar-refractivity contribution in [3.8, 4) is 33.6 Å². The highest BCUT2D eigenvalue weighted by Gasteiger charge is 2.26. The van der Waals surface area contributed by atoms with Crippen LogP contribution in [0.4, 0.5) is 0 Å². The molecule has 0 fully saturated rings. The quantitative estimate of drug-likeness (QED) is 0.366. The van der Waals surface area contributed by atoms with Gasteiger partial charge in [-0.3, -0.25) is 0 Å². The molecule has 0 atom stereocenters. The van der Waals surface area contributed by atoms with E-state index in [-0.39, 0.29) is 0 Å². The maximum absolute atomic E-state index is 2.39. The topological polar surface area (TPSA) is 7.76 Å². The predicted molar refractivity (Wildman–Crippen MR) is 122 cm³/mol. The zero-order chi connectivity index (χ0) is 21.0. The number of rotatable bonds is 2. The fourth-order valence-electron chi connectivity index (χ4n) is 4.91. The fraction of sp³-hybridized carbons (Fsp3) is 0.214. The SMILES string of the molecule is Cc1cc(C)[n+](C)c(-c2cccc(-c3cc4c(c[n+]3C)-c3ccccc3C4)c2C)c1. The summed E-state index contributed by atoms with van der Waals surface area (Å²) in [7, 11) is 4.32. The smallest absolute Gasteiger partial charge is 0.200 e. The van der Waals surface area contributed by atoms with E-state index in [2.05, 4.69) is 111 Å². The molecule has 0 bridgehead atoms. The molecule has 2 heterocycles. The lowest BCUT2D eigenvalue weighted by molar-refractivity contribution is -0.666. The molecule has 1 aliphatic rings. The number of benzene rings is 2. The van der Waals surface area contributed by atoms with E-state index in [1.165, 1.54) is 61.6 Å². The summed E-state index contributed by atoms with van der Waals surface area (Å²) in [5.41, 5.74) is 14.6. The molecule has 1 aliphatic carbocycles. The molecule has 2 heteroatoms. The lowest BCUT2D eigenvalue weighted by atomic mass is 9.95. The fourth-order valence-corrected chi connectivity index (χ4v) is 4.91. The Morgan fingerprint density at radius 1 is 0.667 bits per heavy atom. The van der Waals surface area contributed by atoms with Crippen molar-refractivity contribution in [2.45, 2.75) is 27.2 Å². The van der Waals surface area contributed by atoms with Crippen LogP contribution in [0.15, 0.2) is 66.9 Å². The molecule has 2 nitrogen and oxygen atoms in total. The first kappa shape index (κ1) is 18.7. The molecule has 4 aromatic rings. The van der Waals surface area contributed by atoms with E-state index in [4.69, 9.17) is 0 Å². The van der Waals surface area contributed by atoms with Gasteiger partial charge in [0.05, 0.1) is 0 Å². The van der Waals surface area contributed by atoms with Crippen LogP contribution < -0.4 is 9.13 Å². The molecule has 30 heavy (non-hydrogen) atoms. The van der Waals surface area contributed by atoms with Crippen LogP contribution in [-0.2, 0) is 20.5 Å². The highest BCUT2D eigenvalue weighted by molar-refractivity contribution is 5.79. The molecule has 0 N–H and O–H groups in total. The van der Waals surface area contributed by atoms with E-state index < -0.39 is 0 Å². The minimum absolute atomic E-state index is 1.02. The summed E-state index contributed by atoms with van der Waals surface area (Å²) in [6.45, 7) is 6.60. The summed E-state index contributed by atoms with van der Waals surface area (Å²) in [4.78, 5) is 0. The van der Waals surface area contributed by atoms with Crippen LogP contribution in [0.2, 0.25) is 0 Å².